The van der Waals surface area contributed by atoms with Gasteiger partial charge in [-0.1, -0.05) is 35.9 Å². The molecule has 166 valence electrons. The Kier molecular flexibility index (Phi) is 5.28. The monoisotopic (exact) mass is 452 g/mol. The summed E-state index contributed by atoms with van der Waals surface area (Å²) in [6, 6.07) is 18.1. The number of halogens is 1. The van der Waals surface area contributed by atoms with Gasteiger partial charge < -0.3 is 9.67 Å². The van der Waals surface area contributed by atoms with Crippen LogP contribution in [0.2, 0.25) is 0 Å². The lowest BCUT2D eigenvalue weighted by molar-refractivity contribution is 0.0547. The van der Waals surface area contributed by atoms with E-state index in [4.69, 9.17) is 0 Å². The van der Waals surface area contributed by atoms with E-state index in [0.29, 0.717) is 12.8 Å². The number of hydrogen-bond donors (Lipinski definition) is 2. The van der Waals surface area contributed by atoms with Gasteiger partial charge in [0, 0.05) is 21.8 Å². The summed E-state index contributed by atoms with van der Waals surface area (Å²) >= 11 is 0. The van der Waals surface area contributed by atoms with Crippen LogP contribution in [-0.2, 0) is 10.0 Å². The highest BCUT2D eigenvalue weighted by Gasteiger charge is 2.36. The summed E-state index contributed by atoms with van der Waals surface area (Å²) < 4.78 is 44.6. The fraction of sp³-hybridized carbons (Fsp3) is 0.280. The Morgan fingerprint density at radius 3 is 2.47 bits per heavy atom. The molecule has 5 nitrogen and oxygen atoms in total. The van der Waals surface area contributed by atoms with Gasteiger partial charge >= 0.3 is 0 Å². The lowest BCUT2D eigenvalue weighted by atomic mass is 9.88. The minimum absolute atomic E-state index is 0.185. The van der Waals surface area contributed by atoms with E-state index in [-0.39, 0.29) is 16.8 Å². The Morgan fingerprint density at radius 1 is 0.969 bits per heavy atom. The highest BCUT2D eigenvalue weighted by molar-refractivity contribution is 7.89. The maximum atomic E-state index is 14.0. The maximum absolute atomic E-state index is 14.0. The molecule has 1 aromatic heterocycles. The zero-order chi connectivity index (χ0) is 22.5. The van der Waals surface area contributed by atoms with Crippen LogP contribution in [0.1, 0.15) is 30.9 Å². The van der Waals surface area contributed by atoms with Crippen molar-refractivity contribution < 1.29 is 17.9 Å². The summed E-state index contributed by atoms with van der Waals surface area (Å²) in [5.41, 5.74) is 2.71. The van der Waals surface area contributed by atoms with Gasteiger partial charge in [-0.05, 0) is 62.6 Å². The lowest BCUT2D eigenvalue weighted by Gasteiger charge is -2.36. The molecule has 0 unspecified atom stereocenters. The summed E-state index contributed by atoms with van der Waals surface area (Å²) in [5.74, 6) is -0.312. The van der Waals surface area contributed by atoms with Crippen LogP contribution < -0.4 is 4.72 Å². The largest absolute Gasteiger partial charge is 0.389 e. The first kappa shape index (κ1) is 21.1. The van der Waals surface area contributed by atoms with Crippen molar-refractivity contribution in [3.63, 3.8) is 0 Å². The highest BCUT2D eigenvalue weighted by Crippen LogP contribution is 2.38. The average molecular weight is 453 g/mol. The summed E-state index contributed by atoms with van der Waals surface area (Å²) in [5, 5.41) is 13.0. The smallest absolute Gasteiger partial charge is 0.240 e. The molecule has 0 aliphatic heterocycles. The van der Waals surface area contributed by atoms with E-state index >= 15 is 0 Å². The van der Waals surface area contributed by atoms with Crippen LogP contribution in [0.5, 0.6) is 0 Å². The molecule has 1 saturated carbocycles. The Balaban J connectivity index is 1.53. The number of rotatable bonds is 4. The summed E-state index contributed by atoms with van der Waals surface area (Å²) in [6.45, 7) is 1.90. The fourth-order valence-electron chi connectivity index (χ4n) is 4.88. The molecule has 0 radical (unpaired) electrons. The summed E-state index contributed by atoms with van der Waals surface area (Å²) in [7, 11) is -3.76. The van der Waals surface area contributed by atoms with E-state index in [2.05, 4.69) is 4.72 Å². The number of benzene rings is 3. The second kappa shape index (κ2) is 7.99. The Bertz CT molecular complexity index is 1400. The van der Waals surface area contributed by atoms with E-state index in [0.717, 1.165) is 33.8 Å². The van der Waals surface area contributed by atoms with Crippen LogP contribution in [-0.4, -0.2) is 30.2 Å². The van der Waals surface area contributed by atoms with Gasteiger partial charge in [0.15, 0.2) is 0 Å². The molecule has 32 heavy (non-hydrogen) atoms. The number of para-hydroxylation sites is 1. The summed E-state index contributed by atoms with van der Waals surface area (Å²) in [4.78, 5) is 0.185. The third-order valence-electron chi connectivity index (χ3n) is 6.46. The van der Waals surface area contributed by atoms with Crippen LogP contribution >= 0.6 is 0 Å². The van der Waals surface area contributed by atoms with Gasteiger partial charge in [-0.15, -0.1) is 0 Å². The van der Waals surface area contributed by atoms with Gasteiger partial charge in [-0.25, -0.2) is 17.5 Å². The second-order valence-electron chi connectivity index (χ2n) is 8.58. The SMILES string of the molecule is Cc1ccc(S(=O)(=O)N[C@H]2CCC[C@@H](n3c4ccccc4c4cc(F)ccc43)[C@@H]2O)cc1. The Hall–Kier alpha value is -2.74. The molecule has 3 atom stereocenters. The second-order valence-corrected chi connectivity index (χ2v) is 10.3. The highest BCUT2D eigenvalue weighted by atomic mass is 32.2. The molecule has 1 aliphatic carbocycles. The van der Waals surface area contributed by atoms with Gasteiger partial charge in [0.1, 0.15) is 5.82 Å². The van der Waals surface area contributed by atoms with Crippen molar-refractivity contribution in [1.29, 1.82) is 0 Å². The Morgan fingerprint density at radius 2 is 1.69 bits per heavy atom. The van der Waals surface area contributed by atoms with Gasteiger partial charge in [0.2, 0.25) is 10.0 Å². The molecule has 0 bridgehead atoms. The molecular formula is C25H25FN2O3S. The van der Waals surface area contributed by atoms with Crippen molar-refractivity contribution in [3.05, 3.63) is 78.1 Å². The van der Waals surface area contributed by atoms with E-state index in [1.54, 1.807) is 30.3 Å². The number of fused-ring (bicyclic) bond motifs is 3. The first-order valence-corrected chi connectivity index (χ1v) is 12.3. The van der Waals surface area contributed by atoms with Gasteiger partial charge in [-0.3, -0.25) is 0 Å². The predicted octanol–water partition coefficient (Wildman–Crippen LogP) is 4.68. The third-order valence-corrected chi connectivity index (χ3v) is 7.97. The number of aromatic nitrogens is 1. The van der Waals surface area contributed by atoms with Crippen LogP contribution in [0, 0.1) is 12.7 Å². The van der Waals surface area contributed by atoms with Crippen LogP contribution in [0.4, 0.5) is 4.39 Å². The first-order valence-electron chi connectivity index (χ1n) is 10.8. The van der Waals surface area contributed by atoms with Crippen LogP contribution in [0.3, 0.4) is 0 Å². The topological polar surface area (TPSA) is 71.3 Å². The van der Waals surface area contributed by atoms with Crippen LogP contribution in [0.15, 0.2) is 71.6 Å². The number of sulfonamides is 1. The third kappa shape index (κ3) is 3.60. The molecule has 5 rings (SSSR count). The molecule has 0 amide bonds. The van der Waals surface area contributed by atoms with Crippen molar-refractivity contribution in [2.75, 3.05) is 0 Å². The molecule has 1 aliphatic rings. The molecule has 4 aromatic rings. The minimum atomic E-state index is -3.76. The zero-order valence-electron chi connectivity index (χ0n) is 17.7. The quantitative estimate of drug-likeness (QED) is 0.473. The van der Waals surface area contributed by atoms with Crippen molar-refractivity contribution in [3.8, 4) is 0 Å². The predicted molar refractivity (Wildman–Crippen MR) is 124 cm³/mol. The maximum Gasteiger partial charge on any atom is 0.240 e. The Labute approximate surface area is 186 Å². The van der Waals surface area contributed by atoms with Crippen LogP contribution in [0.25, 0.3) is 21.8 Å². The fourth-order valence-corrected chi connectivity index (χ4v) is 6.17. The molecule has 7 heteroatoms. The van der Waals surface area contributed by atoms with E-state index in [9.17, 15) is 17.9 Å². The number of aliphatic hydroxyl groups is 1. The average Bonchev–Trinajstić information content (AvgIpc) is 3.09. The van der Waals surface area contributed by atoms with Crippen molar-refractivity contribution >= 4 is 31.8 Å². The zero-order valence-corrected chi connectivity index (χ0v) is 18.5. The molecule has 2 N–H and O–H groups in total. The molecule has 0 spiro atoms. The van der Waals surface area contributed by atoms with Crippen molar-refractivity contribution in [2.24, 2.45) is 0 Å². The standard InChI is InChI=1S/C25H25FN2O3S/c1-16-9-12-18(13-10-16)32(30,31)27-21-6-4-8-24(25(21)29)28-22-7-3-2-5-19(22)20-15-17(26)11-14-23(20)28/h2-3,5,7,9-15,21,24-25,27,29H,4,6,8H2,1H3/t21-,24+,25+/m0/s1. The van der Waals surface area contributed by atoms with Gasteiger partial charge in [-0.2, -0.15) is 0 Å². The number of aliphatic hydroxyl groups excluding tert-OH is 1. The minimum Gasteiger partial charge on any atom is -0.389 e. The molecule has 0 saturated heterocycles. The number of hydrogen-bond acceptors (Lipinski definition) is 3. The number of nitrogens with zero attached hydrogens (tertiary/aromatic N) is 1. The molecule has 3 aromatic carbocycles. The molecule has 1 fully saturated rings. The number of aryl methyl sites for hydroxylation is 1. The van der Waals surface area contributed by atoms with E-state index < -0.39 is 22.2 Å². The summed E-state index contributed by atoms with van der Waals surface area (Å²) in [6.07, 6.45) is 1.09. The molecule has 1 heterocycles. The van der Waals surface area contributed by atoms with Gasteiger partial charge in [0.25, 0.3) is 0 Å². The normalized spacial score (nSPS) is 21.9. The van der Waals surface area contributed by atoms with Gasteiger partial charge in [0.05, 0.1) is 23.1 Å². The van der Waals surface area contributed by atoms with Crippen molar-refractivity contribution in [1.82, 2.24) is 9.29 Å². The number of nitrogens with one attached hydrogen (secondary N) is 1. The van der Waals surface area contributed by atoms with Crippen molar-refractivity contribution in [2.45, 2.75) is 49.3 Å². The van der Waals surface area contributed by atoms with E-state index in [1.165, 1.54) is 12.1 Å². The van der Waals surface area contributed by atoms with E-state index in [1.807, 2.05) is 35.8 Å². The molecular weight excluding hydrogens is 427 g/mol. The lowest BCUT2D eigenvalue weighted by Crippen LogP contribution is -2.49. The first-order chi connectivity index (χ1) is 15.3.